The van der Waals surface area contributed by atoms with E-state index in [1.54, 1.807) is 0 Å². The third-order valence-corrected chi connectivity index (χ3v) is 4.79. The minimum absolute atomic E-state index is 0.0209. The normalized spacial score (nSPS) is 13.9. The zero-order valence-electron chi connectivity index (χ0n) is 22.6. The Morgan fingerprint density at radius 1 is 0.758 bits per heavy atom. The van der Waals surface area contributed by atoms with Crippen molar-refractivity contribution < 1.29 is 28.5 Å². The molecule has 6 heteroatoms. The Labute approximate surface area is 202 Å². The average molecular weight is 471 g/mol. The summed E-state index contributed by atoms with van der Waals surface area (Å²) < 4.78 is 22.7. The third kappa shape index (κ3) is 18.7. The zero-order chi connectivity index (χ0) is 25.5. The van der Waals surface area contributed by atoms with Crippen LogP contribution in [0, 0.1) is 10.8 Å². The first kappa shape index (κ1) is 31.6. The van der Waals surface area contributed by atoms with Crippen LogP contribution in [0.5, 0.6) is 0 Å². The Bertz CT molecular complexity index is 570. The number of hydrogen-bond acceptors (Lipinski definition) is 6. The quantitative estimate of drug-likeness (QED) is 0.142. The van der Waals surface area contributed by atoms with Crippen molar-refractivity contribution in [3.8, 4) is 0 Å². The van der Waals surface area contributed by atoms with Crippen molar-refractivity contribution in [1.82, 2.24) is 0 Å². The minimum atomic E-state index is -0.577. The number of carbonyl (C=O) groups is 2. The molecule has 0 aliphatic carbocycles. The van der Waals surface area contributed by atoms with Crippen LogP contribution < -0.4 is 0 Å². The number of hydrogen-bond donors (Lipinski definition) is 0. The van der Waals surface area contributed by atoms with Gasteiger partial charge in [-0.3, -0.25) is 4.79 Å². The van der Waals surface area contributed by atoms with Gasteiger partial charge in [0.15, 0.2) is 0 Å². The molecular weight excluding hydrogens is 420 g/mol. The highest BCUT2D eigenvalue weighted by molar-refractivity contribution is 5.93. The first-order valence-corrected chi connectivity index (χ1v) is 12.5. The molecule has 6 nitrogen and oxygen atoms in total. The molecule has 0 aliphatic heterocycles. The van der Waals surface area contributed by atoms with Crippen molar-refractivity contribution in [3.05, 3.63) is 12.2 Å². The van der Waals surface area contributed by atoms with Gasteiger partial charge in [-0.25, -0.2) is 4.79 Å². The van der Waals surface area contributed by atoms with E-state index in [2.05, 4.69) is 62.0 Å². The van der Waals surface area contributed by atoms with E-state index in [-0.39, 0.29) is 35.0 Å². The van der Waals surface area contributed by atoms with Crippen molar-refractivity contribution in [1.29, 1.82) is 0 Å². The maximum Gasteiger partial charge on any atom is 0.334 e. The molecule has 0 N–H and O–H groups in total. The molecule has 0 saturated carbocycles. The Morgan fingerprint density at radius 3 is 1.58 bits per heavy atom. The molecule has 0 fully saturated rings. The zero-order valence-corrected chi connectivity index (χ0v) is 22.6. The van der Waals surface area contributed by atoms with E-state index in [1.807, 2.05) is 0 Å². The van der Waals surface area contributed by atoms with Gasteiger partial charge >= 0.3 is 11.9 Å². The summed E-state index contributed by atoms with van der Waals surface area (Å²) in [7, 11) is 0. The number of rotatable bonds is 17. The lowest BCUT2D eigenvalue weighted by molar-refractivity contribution is -0.156. The highest BCUT2D eigenvalue weighted by Gasteiger charge is 2.26. The Morgan fingerprint density at radius 2 is 1.18 bits per heavy atom. The lowest BCUT2D eigenvalue weighted by Crippen LogP contribution is -2.31. The SMILES string of the molecule is C=C(CC(=O)OC(COCCCC)CC(C)(C)C)C(=O)OC(COCCCC)CC(C)(C)C. The molecule has 0 aromatic rings. The van der Waals surface area contributed by atoms with Crippen LogP contribution >= 0.6 is 0 Å². The summed E-state index contributed by atoms with van der Waals surface area (Å²) in [5.74, 6) is -1.07. The lowest BCUT2D eigenvalue weighted by atomic mass is 9.89. The number of esters is 2. The number of ether oxygens (including phenoxy) is 4. The minimum Gasteiger partial charge on any atom is -0.460 e. The summed E-state index contributed by atoms with van der Waals surface area (Å²) in [6.45, 7) is 22.5. The van der Waals surface area contributed by atoms with E-state index in [4.69, 9.17) is 18.9 Å². The molecule has 33 heavy (non-hydrogen) atoms. The molecule has 0 aliphatic rings. The summed E-state index contributed by atoms with van der Waals surface area (Å²) in [4.78, 5) is 25.1. The largest absolute Gasteiger partial charge is 0.460 e. The topological polar surface area (TPSA) is 71.1 Å². The average Bonchev–Trinajstić information content (AvgIpc) is 2.65. The molecule has 194 valence electrons. The fraction of sp³-hybridized carbons (Fsp3) is 0.852. The Balaban J connectivity index is 4.83. The first-order valence-electron chi connectivity index (χ1n) is 12.5. The van der Waals surface area contributed by atoms with E-state index in [9.17, 15) is 9.59 Å². The van der Waals surface area contributed by atoms with Gasteiger partial charge in [0, 0.05) is 18.8 Å². The molecule has 0 heterocycles. The Hall–Kier alpha value is -1.40. The predicted octanol–water partition coefficient (Wildman–Crippen LogP) is 6.26. The van der Waals surface area contributed by atoms with Crippen LogP contribution in [0.1, 0.15) is 100 Å². The second-order valence-electron chi connectivity index (χ2n) is 11.3. The maximum absolute atomic E-state index is 12.6. The number of unbranched alkanes of at least 4 members (excludes halogenated alkanes) is 2. The molecule has 0 aromatic carbocycles. The highest BCUT2D eigenvalue weighted by atomic mass is 16.6. The second-order valence-corrected chi connectivity index (χ2v) is 11.3. The van der Waals surface area contributed by atoms with E-state index in [0.717, 1.165) is 25.7 Å². The van der Waals surface area contributed by atoms with Crippen LogP contribution in [-0.4, -0.2) is 50.6 Å². The molecule has 0 bridgehead atoms. The van der Waals surface area contributed by atoms with Gasteiger partial charge < -0.3 is 18.9 Å². The van der Waals surface area contributed by atoms with Crippen molar-refractivity contribution in [2.24, 2.45) is 10.8 Å². The van der Waals surface area contributed by atoms with E-state index < -0.39 is 11.9 Å². The summed E-state index contributed by atoms with van der Waals surface area (Å²) in [5, 5.41) is 0. The molecule has 0 saturated heterocycles. The predicted molar refractivity (Wildman–Crippen MR) is 133 cm³/mol. The van der Waals surface area contributed by atoms with Gasteiger partial charge in [0.2, 0.25) is 0 Å². The number of carbonyl (C=O) groups excluding carboxylic acids is 2. The fourth-order valence-corrected chi connectivity index (χ4v) is 3.27. The standard InChI is InChI=1S/C27H50O6/c1-10-12-14-30-19-22(17-26(4,5)6)32-24(28)16-21(3)25(29)33-23(18-27(7,8)9)20-31-15-13-11-2/h22-23H,3,10-20H2,1-2,4-9H3. The molecular formula is C27H50O6. The summed E-state index contributed by atoms with van der Waals surface area (Å²) in [5.41, 5.74) is 0.0402. The monoisotopic (exact) mass is 470 g/mol. The lowest BCUT2D eigenvalue weighted by Gasteiger charge is -2.27. The van der Waals surface area contributed by atoms with E-state index in [1.165, 1.54) is 0 Å². The van der Waals surface area contributed by atoms with Crippen molar-refractivity contribution in [2.45, 2.75) is 113 Å². The van der Waals surface area contributed by atoms with Gasteiger partial charge in [0.1, 0.15) is 12.2 Å². The van der Waals surface area contributed by atoms with Crippen molar-refractivity contribution in [2.75, 3.05) is 26.4 Å². The summed E-state index contributed by atoms with van der Waals surface area (Å²) in [6.07, 6.45) is 4.40. The van der Waals surface area contributed by atoms with Gasteiger partial charge in [0.05, 0.1) is 19.6 Å². The molecule has 2 atom stereocenters. The summed E-state index contributed by atoms with van der Waals surface area (Å²) >= 11 is 0. The summed E-state index contributed by atoms with van der Waals surface area (Å²) in [6, 6.07) is 0. The van der Waals surface area contributed by atoms with Gasteiger partial charge in [0.25, 0.3) is 0 Å². The maximum atomic E-state index is 12.6. The second kappa shape index (κ2) is 16.3. The third-order valence-electron chi connectivity index (χ3n) is 4.79. The Kier molecular flexibility index (Phi) is 15.6. The fourth-order valence-electron chi connectivity index (χ4n) is 3.27. The molecule has 0 radical (unpaired) electrons. The molecule has 0 spiro atoms. The molecule has 0 rings (SSSR count). The van der Waals surface area contributed by atoms with Crippen LogP contribution in [0.25, 0.3) is 0 Å². The van der Waals surface area contributed by atoms with Crippen LogP contribution in [0.4, 0.5) is 0 Å². The van der Waals surface area contributed by atoms with E-state index in [0.29, 0.717) is 39.3 Å². The van der Waals surface area contributed by atoms with Crippen LogP contribution in [-0.2, 0) is 28.5 Å². The van der Waals surface area contributed by atoms with Gasteiger partial charge in [-0.15, -0.1) is 0 Å². The van der Waals surface area contributed by atoms with Crippen LogP contribution in [0.3, 0.4) is 0 Å². The molecule has 0 aromatic heterocycles. The van der Waals surface area contributed by atoms with Gasteiger partial charge in [-0.2, -0.15) is 0 Å². The van der Waals surface area contributed by atoms with Gasteiger partial charge in [-0.1, -0.05) is 74.8 Å². The van der Waals surface area contributed by atoms with Crippen molar-refractivity contribution >= 4 is 11.9 Å². The van der Waals surface area contributed by atoms with Crippen LogP contribution in [0.2, 0.25) is 0 Å². The smallest absolute Gasteiger partial charge is 0.334 e. The highest BCUT2D eigenvalue weighted by Crippen LogP contribution is 2.25. The van der Waals surface area contributed by atoms with Crippen LogP contribution in [0.15, 0.2) is 12.2 Å². The molecule has 0 amide bonds. The van der Waals surface area contributed by atoms with Gasteiger partial charge in [-0.05, 0) is 36.5 Å². The first-order chi connectivity index (χ1) is 15.3. The van der Waals surface area contributed by atoms with Crippen molar-refractivity contribution in [3.63, 3.8) is 0 Å². The molecule has 2 unspecified atom stereocenters. The van der Waals surface area contributed by atoms with E-state index >= 15 is 0 Å².